The summed E-state index contributed by atoms with van der Waals surface area (Å²) < 4.78 is 5.74. The number of aromatic amines is 1. The van der Waals surface area contributed by atoms with Crippen molar-refractivity contribution in [3.8, 4) is 17.6 Å². The van der Waals surface area contributed by atoms with E-state index in [0.29, 0.717) is 11.3 Å². The van der Waals surface area contributed by atoms with Gasteiger partial charge in [-0.25, -0.2) is 0 Å². The molecule has 0 bridgehead atoms. The lowest BCUT2D eigenvalue weighted by atomic mass is 9.83. The topological polar surface area (TPSA) is 95.1 Å². The Morgan fingerprint density at radius 2 is 2.09 bits per heavy atom. The number of nitriles is 1. The summed E-state index contributed by atoms with van der Waals surface area (Å²) in [7, 11) is 0. The number of phenolic OH excluding ortho intramolecular Hbond substituents is 1. The van der Waals surface area contributed by atoms with E-state index in [9.17, 15) is 10.4 Å². The summed E-state index contributed by atoms with van der Waals surface area (Å²) >= 11 is 0. The van der Waals surface area contributed by atoms with Gasteiger partial charge in [0.05, 0.1) is 5.92 Å². The first-order chi connectivity index (χ1) is 11.2. The van der Waals surface area contributed by atoms with Gasteiger partial charge in [-0.15, -0.1) is 0 Å². The number of ether oxygens (including phenoxy) is 1. The summed E-state index contributed by atoms with van der Waals surface area (Å²) in [6.07, 6.45) is 1.83. The van der Waals surface area contributed by atoms with Crippen LogP contribution in [0.5, 0.6) is 11.5 Å². The number of aromatic nitrogens is 1. The van der Waals surface area contributed by atoms with Gasteiger partial charge in [0.1, 0.15) is 23.1 Å². The number of rotatable bonds is 1. The van der Waals surface area contributed by atoms with Crippen LogP contribution in [0.2, 0.25) is 0 Å². The SMILES string of the molecule is N#CC1=C(N)Oc2c(ccc3[nH]ccc23)[C@@H]1c1cccc(O)c1. The van der Waals surface area contributed by atoms with E-state index < -0.39 is 0 Å². The quantitative estimate of drug-likeness (QED) is 0.643. The van der Waals surface area contributed by atoms with E-state index >= 15 is 0 Å². The number of hydrogen-bond acceptors (Lipinski definition) is 4. The van der Waals surface area contributed by atoms with Crippen molar-refractivity contribution < 1.29 is 9.84 Å². The summed E-state index contributed by atoms with van der Waals surface area (Å²) in [6, 6.07) is 14.8. The molecule has 0 spiro atoms. The lowest BCUT2D eigenvalue weighted by molar-refractivity contribution is 0.398. The standard InChI is InChI=1S/C18H13N3O2/c19-9-14-16(10-2-1-3-11(22)8-10)13-4-5-15-12(6-7-21-15)17(13)23-18(14)20/h1-8,16,21-22H,20H2/t16-/m0/s1. The first-order valence-corrected chi connectivity index (χ1v) is 7.15. The maximum Gasteiger partial charge on any atom is 0.205 e. The number of hydrogen-bond donors (Lipinski definition) is 3. The summed E-state index contributed by atoms with van der Waals surface area (Å²) in [5, 5.41) is 20.2. The summed E-state index contributed by atoms with van der Waals surface area (Å²) in [6.45, 7) is 0. The molecule has 3 aromatic rings. The summed E-state index contributed by atoms with van der Waals surface area (Å²) in [5.41, 5.74) is 8.92. The maximum atomic E-state index is 9.79. The fourth-order valence-electron chi connectivity index (χ4n) is 3.10. The van der Waals surface area contributed by atoms with Crippen LogP contribution < -0.4 is 10.5 Å². The van der Waals surface area contributed by atoms with Crippen molar-refractivity contribution in [3.05, 3.63) is 71.2 Å². The first kappa shape index (κ1) is 13.3. The highest BCUT2D eigenvalue weighted by Gasteiger charge is 2.31. The molecule has 4 N–H and O–H groups in total. The van der Waals surface area contributed by atoms with Crippen LogP contribution in [0.1, 0.15) is 17.0 Å². The van der Waals surface area contributed by atoms with Gasteiger partial charge in [0.25, 0.3) is 0 Å². The molecule has 0 saturated carbocycles. The Hall–Kier alpha value is -3.39. The molecule has 1 atom stereocenters. The Labute approximate surface area is 132 Å². The zero-order chi connectivity index (χ0) is 16.0. The molecule has 1 aromatic heterocycles. The zero-order valence-electron chi connectivity index (χ0n) is 12.1. The zero-order valence-corrected chi connectivity index (χ0v) is 12.1. The molecule has 5 heteroatoms. The average molecular weight is 303 g/mol. The molecule has 5 nitrogen and oxygen atoms in total. The number of benzene rings is 2. The molecule has 0 saturated heterocycles. The molecule has 1 aliphatic heterocycles. The fraction of sp³-hybridized carbons (Fsp3) is 0.0556. The molecular weight excluding hydrogens is 290 g/mol. The number of aromatic hydroxyl groups is 1. The van der Waals surface area contributed by atoms with E-state index in [0.717, 1.165) is 22.0 Å². The Kier molecular flexibility index (Phi) is 2.78. The van der Waals surface area contributed by atoms with Crippen LogP contribution in [0.15, 0.2) is 60.1 Å². The second-order valence-electron chi connectivity index (χ2n) is 5.44. The molecule has 0 amide bonds. The van der Waals surface area contributed by atoms with Crippen LogP contribution in [0, 0.1) is 11.3 Å². The van der Waals surface area contributed by atoms with E-state index in [-0.39, 0.29) is 17.6 Å². The molecule has 0 aliphatic carbocycles. The van der Waals surface area contributed by atoms with Crippen LogP contribution in [-0.4, -0.2) is 10.1 Å². The number of phenols is 1. The molecule has 2 heterocycles. The van der Waals surface area contributed by atoms with Gasteiger partial charge in [0.15, 0.2) is 0 Å². The van der Waals surface area contributed by atoms with Gasteiger partial charge < -0.3 is 20.6 Å². The third-order valence-electron chi connectivity index (χ3n) is 4.12. The second kappa shape index (κ2) is 4.82. The average Bonchev–Trinajstić information content (AvgIpc) is 3.02. The summed E-state index contributed by atoms with van der Waals surface area (Å²) in [5.74, 6) is 0.528. The van der Waals surface area contributed by atoms with Crippen LogP contribution in [0.4, 0.5) is 0 Å². The van der Waals surface area contributed by atoms with Crippen molar-refractivity contribution in [2.45, 2.75) is 5.92 Å². The van der Waals surface area contributed by atoms with E-state index in [1.165, 1.54) is 0 Å². The van der Waals surface area contributed by atoms with Gasteiger partial charge in [-0.2, -0.15) is 5.26 Å². The van der Waals surface area contributed by atoms with Crippen molar-refractivity contribution in [1.29, 1.82) is 5.26 Å². The number of nitrogens with zero attached hydrogens (tertiary/aromatic N) is 1. The van der Waals surface area contributed by atoms with Crippen molar-refractivity contribution in [3.63, 3.8) is 0 Å². The Morgan fingerprint density at radius 1 is 1.22 bits per heavy atom. The lowest BCUT2D eigenvalue weighted by Gasteiger charge is -2.27. The lowest BCUT2D eigenvalue weighted by Crippen LogP contribution is -2.21. The van der Waals surface area contributed by atoms with Gasteiger partial charge in [-0.3, -0.25) is 0 Å². The third-order valence-corrected chi connectivity index (χ3v) is 4.12. The highest BCUT2D eigenvalue weighted by atomic mass is 16.5. The molecule has 23 heavy (non-hydrogen) atoms. The fourth-order valence-corrected chi connectivity index (χ4v) is 3.10. The van der Waals surface area contributed by atoms with Crippen molar-refractivity contribution in [2.24, 2.45) is 5.73 Å². The van der Waals surface area contributed by atoms with Crippen LogP contribution in [0.3, 0.4) is 0 Å². The molecule has 112 valence electrons. The minimum atomic E-state index is -0.366. The van der Waals surface area contributed by atoms with Crippen LogP contribution in [-0.2, 0) is 0 Å². The molecule has 1 aliphatic rings. The van der Waals surface area contributed by atoms with Crippen LogP contribution >= 0.6 is 0 Å². The number of allylic oxidation sites excluding steroid dienone is 1. The highest BCUT2D eigenvalue weighted by Crippen LogP contribution is 2.45. The minimum Gasteiger partial charge on any atom is -0.508 e. The molecule has 0 unspecified atom stereocenters. The van der Waals surface area contributed by atoms with Gasteiger partial charge in [0.2, 0.25) is 5.88 Å². The predicted molar refractivity (Wildman–Crippen MR) is 85.7 cm³/mol. The molecular formula is C18H13N3O2. The monoisotopic (exact) mass is 303 g/mol. The molecule has 2 aromatic carbocycles. The van der Waals surface area contributed by atoms with Gasteiger partial charge in [-0.05, 0) is 29.8 Å². The van der Waals surface area contributed by atoms with E-state index in [1.807, 2.05) is 30.5 Å². The molecule has 0 fully saturated rings. The largest absolute Gasteiger partial charge is 0.508 e. The number of nitrogens with two attached hydrogens (primary N) is 1. The summed E-state index contributed by atoms with van der Waals surface area (Å²) in [4.78, 5) is 3.13. The van der Waals surface area contributed by atoms with E-state index in [4.69, 9.17) is 10.5 Å². The van der Waals surface area contributed by atoms with Crippen molar-refractivity contribution in [1.82, 2.24) is 4.98 Å². The van der Waals surface area contributed by atoms with E-state index in [1.54, 1.807) is 18.2 Å². The van der Waals surface area contributed by atoms with Crippen molar-refractivity contribution >= 4 is 10.9 Å². The Morgan fingerprint density at radius 3 is 2.87 bits per heavy atom. The number of H-pyrrole nitrogens is 1. The van der Waals surface area contributed by atoms with Gasteiger partial charge >= 0.3 is 0 Å². The van der Waals surface area contributed by atoms with Gasteiger partial charge in [-0.1, -0.05) is 18.2 Å². The first-order valence-electron chi connectivity index (χ1n) is 7.15. The van der Waals surface area contributed by atoms with Crippen LogP contribution in [0.25, 0.3) is 10.9 Å². The Bertz CT molecular complexity index is 995. The number of nitrogens with one attached hydrogen (secondary N) is 1. The second-order valence-corrected chi connectivity index (χ2v) is 5.44. The van der Waals surface area contributed by atoms with Crippen molar-refractivity contribution in [2.75, 3.05) is 0 Å². The van der Waals surface area contributed by atoms with E-state index in [2.05, 4.69) is 11.1 Å². The third kappa shape index (κ3) is 1.93. The number of fused-ring (bicyclic) bond motifs is 3. The molecule has 0 radical (unpaired) electrons. The minimum absolute atomic E-state index is 0.0991. The predicted octanol–water partition coefficient (Wildman–Crippen LogP) is 3.09. The van der Waals surface area contributed by atoms with Gasteiger partial charge in [0, 0.05) is 22.7 Å². The highest BCUT2D eigenvalue weighted by molar-refractivity contribution is 5.88. The normalized spacial score (nSPS) is 16.7. The maximum absolute atomic E-state index is 9.79. The smallest absolute Gasteiger partial charge is 0.205 e. The Balaban J connectivity index is 2.02. The molecule has 4 rings (SSSR count).